The van der Waals surface area contributed by atoms with Crippen LogP contribution in [0, 0.1) is 5.41 Å². The molecule has 2 N–H and O–H groups in total. The third kappa shape index (κ3) is 3.70. The highest BCUT2D eigenvalue weighted by Gasteiger charge is 2.42. The van der Waals surface area contributed by atoms with Crippen molar-refractivity contribution in [3.05, 3.63) is 0 Å². The fourth-order valence-electron chi connectivity index (χ4n) is 2.48. The molecule has 17 heavy (non-hydrogen) atoms. The zero-order chi connectivity index (χ0) is 13.1. The van der Waals surface area contributed by atoms with E-state index < -0.39 is 0 Å². The molecule has 3 heteroatoms. The molecule has 3 nitrogen and oxygen atoms in total. The van der Waals surface area contributed by atoms with Crippen LogP contribution in [-0.4, -0.2) is 24.1 Å². The van der Waals surface area contributed by atoms with Gasteiger partial charge in [0, 0.05) is 12.6 Å². The summed E-state index contributed by atoms with van der Waals surface area (Å²) in [7, 11) is 0. The number of aliphatic imine (C=N–C) groups is 1. The van der Waals surface area contributed by atoms with Crippen LogP contribution in [0.15, 0.2) is 4.99 Å². The van der Waals surface area contributed by atoms with Crippen LogP contribution in [0.2, 0.25) is 0 Å². The zero-order valence-corrected chi connectivity index (χ0v) is 12.0. The van der Waals surface area contributed by atoms with Gasteiger partial charge in [-0.05, 0) is 51.9 Å². The molecule has 0 aromatic carbocycles. The lowest BCUT2D eigenvalue weighted by Crippen LogP contribution is -2.50. The van der Waals surface area contributed by atoms with E-state index in [0.717, 1.165) is 25.7 Å². The summed E-state index contributed by atoms with van der Waals surface area (Å²) in [4.78, 5) is 4.51. The first-order valence-electron chi connectivity index (χ1n) is 6.79. The molecule has 0 atom stereocenters. The van der Waals surface area contributed by atoms with Gasteiger partial charge in [-0.2, -0.15) is 0 Å². The van der Waals surface area contributed by atoms with Crippen molar-refractivity contribution < 1.29 is 4.74 Å². The lowest BCUT2D eigenvalue weighted by molar-refractivity contribution is -0.0342. The van der Waals surface area contributed by atoms with Crippen LogP contribution in [0.4, 0.5) is 0 Å². The van der Waals surface area contributed by atoms with Crippen LogP contribution in [0.5, 0.6) is 0 Å². The predicted molar refractivity (Wildman–Crippen MR) is 73.4 cm³/mol. The molecule has 0 heterocycles. The molecule has 0 amide bonds. The van der Waals surface area contributed by atoms with Gasteiger partial charge < -0.3 is 10.5 Å². The van der Waals surface area contributed by atoms with Gasteiger partial charge in [0.1, 0.15) is 11.4 Å². The molecule has 0 aliphatic heterocycles. The summed E-state index contributed by atoms with van der Waals surface area (Å²) in [6, 6.07) is 0.238. The van der Waals surface area contributed by atoms with Gasteiger partial charge in [-0.3, -0.25) is 4.99 Å². The van der Waals surface area contributed by atoms with Gasteiger partial charge >= 0.3 is 0 Å². The van der Waals surface area contributed by atoms with E-state index in [1.54, 1.807) is 0 Å². The highest BCUT2D eigenvalue weighted by molar-refractivity contribution is 5.89. The van der Waals surface area contributed by atoms with Gasteiger partial charge in [0.05, 0.1) is 0 Å². The normalized spacial score (nSPS) is 24.0. The second kappa shape index (κ2) is 5.38. The SMILES string of the molecule is CCOC1(C(N)=NC(C)C)CCC(C)(C)CC1. The Bertz CT molecular complexity index is 272. The number of ether oxygens (including phenoxy) is 1. The van der Waals surface area contributed by atoms with Crippen LogP contribution in [-0.2, 0) is 4.74 Å². The largest absolute Gasteiger partial charge is 0.385 e. The van der Waals surface area contributed by atoms with E-state index in [-0.39, 0.29) is 11.6 Å². The molecule has 0 spiro atoms. The molecular weight excluding hydrogens is 212 g/mol. The van der Waals surface area contributed by atoms with E-state index in [1.165, 1.54) is 0 Å². The van der Waals surface area contributed by atoms with Crippen LogP contribution in [0.1, 0.15) is 60.3 Å². The van der Waals surface area contributed by atoms with Crippen molar-refractivity contribution in [3.63, 3.8) is 0 Å². The Labute approximate surface area is 106 Å². The molecule has 0 saturated heterocycles. The third-order valence-corrected chi connectivity index (χ3v) is 3.70. The second-order valence-corrected chi connectivity index (χ2v) is 6.20. The first kappa shape index (κ1) is 14.5. The highest BCUT2D eigenvalue weighted by Crippen LogP contribution is 2.42. The lowest BCUT2D eigenvalue weighted by atomic mass is 9.70. The number of hydrogen-bond donors (Lipinski definition) is 1. The third-order valence-electron chi connectivity index (χ3n) is 3.70. The summed E-state index contributed by atoms with van der Waals surface area (Å²) in [6.07, 6.45) is 4.30. The number of hydrogen-bond acceptors (Lipinski definition) is 2. The van der Waals surface area contributed by atoms with E-state index in [0.29, 0.717) is 17.9 Å². The molecule has 1 aliphatic rings. The predicted octanol–water partition coefficient (Wildman–Crippen LogP) is 3.13. The molecule has 0 radical (unpaired) electrons. The highest BCUT2D eigenvalue weighted by atomic mass is 16.5. The second-order valence-electron chi connectivity index (χ2n) is 6.20. The Morgan fingerprint density at radius 3 is 2.18 bits per heavy atom. The topological polar surface area (TPSA) is 47.6 Å². The average molecular weight is 240 g/mol. The van der Waals surface area contributed by atoms with Crippen LogP contribution in [0.25, 0.3) is 0 Å². The fourth-order valence-corrected chi connectivity index (χ4v) is 2.48. The number of nitrogens with zero attached hydrogens (tertiary/aromatic N) is 1. The summed E-state index contributed by atoms with van der Waals surface area (Å²) >= 11 is 0. The first-order chi connectivity index (χ1) is 7.81. The van der Waals surface area contributed by atoms with Gasteiger partial charge in [0.25, 0.3) is 0 Å². The summed E-state index contributed by atoms with van der Waals surface area (Å²) in [6.45, 7) is 11.5. The molecule has 1 rings (SSSR count). The van der Waals surface area contributed by atoms with Crippen molar-refractivity contribution in [2.24, 2.45) is 16.1 Å². The smallest absolute Gasteiger partial charge is 0.127 e. The molecule has 0 aromatic heterocycles. The average Bonchev–Trinajstić information content (AvgIpc) is 2.21. The van der Waals surface area contributed by atoms with E-state index in [2.05, 4.69) is 32.7 Å². The van der Waals surface area contributed by atoms with Crippen molar-refractivity contribution in [1.82, 2.24) is 0 Å². The van der Waals surface area contributed by atoms with E-state index in [9.17, 15) is 0 Å². The molecule has 1 saturated carbocycles. The Kier molecular flexibility index (Phi) is 4.59. The molecule has 0 unspecified atom stereocenters. The lowest BCUT2D eigenvalue weighted by Gasteiger charge is -2.43. The minimum atomic E-state index is -0.297. The van der Waals surface area contributed by atoms with Crippen LogP contribution < -0.4 is 5.73 Å². The fraction of sp³-hybridized carbons (Fsp3) is 0.929. The monoisotopic (exact) mass is 240 g/mol. The van der Waals surface area contributed by atoms with Crippen molar-refractivity contribution in [2.75, 3.05) is 6.61 Å². The molecule has 100 valence electrons. The molecule has 0 bridgehead atoms. The first-order valence-corrected chi connectivity index (χ1v) is 6.79. The summed E-state index contributed by atoms with van der Waals surface area (Å²) < 4.78 is 5.97. The minimum Gasteiger partial charge on any atom is -0.385 e. The van der Waals surface area contributed by atoms with Crippen molar-refractivity contribution in [1.29, 1.82) is 0 Å². The van der Waals surface area contributed by atoms with Gasteiger partial charge in [-0.1, -0.05) is 13.8 Å². The number of nitrogens with two attached hydrogens (primary N) is 1. The maximum Gasteiger partial charge on any atom is 0.127 e. The standard InChI is InChI=1S/C14H28N2O/c1-6-17-14(12(15)16-11(2)3)9-7-13(4,5)8-10-14/h11H,6-10H2,1-5H3,(H2,15,16). The van der Waals surface area contributed by atoms with Gasteiger partial charge in [-0.15, -0.1) is 0 Å². The van der Waals surface area contributed by atoms with E-state index in [4.69, 9.17) is 10.5 Å². The molecule has 1 aliphatic carbocycles. The van der Waals surface area contributed by atoms with E-state index >= 15 is 0 Å². The summed E-state index contributed by atoms with van der Waals surface area (Å²) in [5, 5.41) is 0. The molecule has 1 fully saturated rings. The van der Waals surface area contributed by atoms with Crippen molar-refractivity contribution >= 4 is 5.84 Å². The maximum atomic E-state index is 6.18. The van der Waals surface area contributed by atoms with E-state index in [1.807, 2.05) is 6.92 Å². The van der Waals surface area contributed by atoms with Gasteiger partial charge in [0.2, 0.25) is 0 Å². The van der Waals surface area contributed by atoms with Crippen molar-refractivity contribution in [2.45, 2.75) is 71.9 Å². The van der Waals surface area contributed by atoms with Crippen LogP contribution >= 0.6 is 0 Å². The van der Waals surface area contributed by atoms with Gasteiger partial charge in [0.15, 0.2) is 0 Å². The summed E-state index contributed by atoms with van der Waals surface area (Å²) in [5.41, 5.74) is 6.30. The van der Waals surface area contributed by atoms with Crippen molar-refractivity contribution in [3.8, 4) is 0 Å². The zero-order valence-electron chi connectivity index (χ0n) is 12.0. The maximum absolute atomic E-state index is 6.18. The Morgan fingerprint density at radius 2 is 1.76 bits per heavy atom. The summed E-state index contributed by atoms with van der Waals surface area (Å²) in [5.74, 6) is 0.699. The molecule has 0 aromatic rings. The minimum absolute atomic E-state index is 0.238. The van der Waals surface area contributed by atoms with Crippen LogP contribution in [0.3, 0.4) is 0 Å². The number of amidine groups is 1. The Balaban J connectivity index is 2.85. The quantitative estimate of drug-likeness (QED) is 0.606. The Morgan fingerprint density at radius 1 is 1.24 bits per heavy atom. The Hall–Kier alpha value is -0.570. The van der Waals surface area contributed by atoms with Gasteiger partial charge in [-0.25, -0.2) is 0 Å². The number of rotatable bonds is 4. The molecular formula is C14H28N2O.